The van der Waals surface area contributed by atoms with Gasteiger partial charge in [-0.2, -0.15) is 0 Å². The minimum absolute atomic E-state index is 0.160. The lowest BCUT2D eigenvalue weighted by Crippen LogP contribution is -2.41. The molecular weight excluding hydrogens is 399 g/mol. The summed E-state index contributed by atoms with van der Waals surface area (Å²) in [6.45, 7) is 2.90. The van der Waals surface area contributed by atoms with Crippen LogP contribution in [0.4, 0.5) is 5.69 Å². The standard InChI is InChI=1S/C21H22Cl2N2O3/c1-13(24-21(27)17-6-3-7-18(22)19(17)23)20(26)25-16-5-2-4-15(10-16)12-28-11-14-8-9-14/h2-7,10,13-14H,8-9,11-12H2,1H3,(H,24,27)(H,25,26). The lowest BCUT2D eigenvalue weighted by molar-refractivity contribution is -0.117. The lowest BCUT2D eigenvalue weighted by Gasteiger charge is -2.15. The van der Waals surface area contributed by atoms with E-state index in [1.54, 1.807) is 31.2 Å². The molecule has 1 fully saturated rings. The monoisotopic (exact) mass is 420 g/mol. The number of carbonyl (C=O) groups is 2. The largest absolute Gasteiger partial charge is 0.376 e. The number of benzene rings is 2. The summed E-state index contributed by atoms with van der Waals surface area (Å²) in [6, 6.07) is 11.5. The van der Waals surface area contributed by atoms with Crippen LogP contribution in [0.3, 0.4) is 0 Å². The van der Waals surface area contributed by atoms with Crippen molar-refractivity contribution in [2.75, 3.05) is 11.9 Å². The summed E-state index contributed by atoms with van der Waals surface area (Å²) in [5.74, 6) is -0.0831. The fourth-order valence-corrected chi connectivity index (χ4v) is 3.02. The summed E-state index contributed by atoms with van der Waals surface area (Å²) in [5.41, 5.74) is 1.86. The maximum Gasteiger partial charge on any atom is 0.253 e. The maximum atomic E-state index is 12.4. The number of rotatable bonds is 8. The van der Waals surface area contributed by atoms with Crippen molar-refractivity contribution in [3.63, 3.8) is 0 Å². The van der Waals surface area contributed by atoms with Crippen LogP contribution in [0.1, 0.15) is 35.7 Å². The van der Waals surface area contributed by atoms with Gasteiger partial charge in [-0.15, -0.1) is 0 Å². The summed E-state index contributed by atoms with van der Waals surface area (Å²) in [7, 11) is 0. The molecule has 1 unspecified atom stereocenters. The summed E-state index contributed by atoms with van der Waals surface area (Å²) in [5, 5.41) is 5.89. The van der Waals surface area contributed by atoms with Crippen molar-refractivity contribution in [1.82, 2.24) is 5.32 Å². The molecule has 0 bridgehead atoms. The van der Waals surface area contributed by atoms with Crippen LogP contribution < -0.4 is 10.6 Å². The molecule has 0 aromatic heterocycles. The van der Waals surface area contributed by atoms with Gasteiger partial charge in [-0.1, -0.05) is 41.4 Å². The second-order valence-electron chi connectivity index (χ2n) is 6.94. The van der Waals surface area contributed by atoms with Crippen molar-refractivity contribution in [1.29, 1.82) is 0 Å². The smallest absolute Gasteiger partial charge is 0.253 e. The van der Waals surface area contributed by atoms with Gasteiger partial charge in [0.05, 0.1) is 22.2 Å². The van der Waals surface area contributed by atoms with E-state index in [9.17, 15) is 9.59 Å². The van der Waals surface area contributed by atoms with E-state index in [1.165, 1.54) is 12.8 Å². The van der Waals surface area contributed by atoms with Gasteiger partial charge in [-0.25, -0.2) is 0 Å². The maximum absolute atomic E-state index is 12.4. The molecule has 0 heterocycles. The average Bonchev–Trinajstić information content (AvgIpc) is 3.48. The predicted octanol–water partition coefficient (Wildman–Crippen LogP) is 4.68. The molecule has 0 radical (unpaired) electrons. The van der Waals surface area contributed by atoms with Crippen LogP contribution in [-0.2, 0) is 16.1 Å². The van der Waals surface area contributed by atoms with Gasteiger partial charge in [0.15, 0.2) is 0 Å². The molecule has 7 heteroatoms. The van der Waals surface area contributed by atoms with Gasteiger partial charge >= 0.3 is 0 Å². The Bertz CT molecular complexity index is 868. The van der Waals surface area contributed by atoms with Gasteiger partial charge in [0.2, 0.25) is 5.91 Å². The van der Waals surface area contributed by atoms with Gasteiger partial charge < -0.3 is 15.4 Å². The number of carbonyl (C=O) groups excluding carboxylic acids is 2. The van der Waals surface area contributed by atoms with Crippen molar-refractivity contribution in [3.05, 3.63) is 63.6 Å². The molecule has 2 N–H and O–H groups in total. The van der Waals surface area contributed by atoms with Crippen LogP contribution in [0.25, 0.3) is 0 Å². The Kier molecular flexibility index (Phi) is 6.94. The van der Waals surface area contributed by atoms with E-state index in [0.717, 1.165) is 12.2 Å². The Hall–Kier alpha value is -2.08. The molecular formula is C21H22Cl2N2O3. The molecule has 0 spiro atoms. The molecule has 2 amide bonds. The van der Waals surface area contributed by atoms with Gasteiger partial charge in [0.25, 0.3) is 5.91 Å². The molecule has 1 atom stereocenters. The second-order valence-corrected chi connectivity index (χ2v) is 7.73. The molecule has 3 rings (SSSR count). The van der Waals surface area contributed by atoms with Crippen LogP contribution >= 0.6 is 23.2 Å². The Balaban J connectivity index is 1.54. The summed E-state index contributed by atoms with van der Waals surface area (Å²) < 4.78 is 5.68. The first kappa shape index (κ1) is 20.6. The van der Waals surface area contributed by atoms with Gasteiger partial charge in [-0.05, 0) is 55.5 Å². The van der Waals surface area contributed by atoms with E-state index < -0.39 is 11.9 Å². The highest BCUT2D eigenvalue weighted by Gasteiger charge is 2.21. The fourth-order valence-electron chi connectivity index (χ4n) is 2.64. The van der Waals surface area contributed by atoms with Crippen molar-refractivity contribution in [3.8, 4) is 0 Å². The lowest BCUT2D eigenvalue weighted by atomic mass is 10.2. The zero-order chi connectivity index (χ0) is 20.1. The number of halogens is 2. The highest BCUT2D eigenvalue weighted by atomic mass is 35.5. The summed E-state index contributed by atoms with van der Waals surface area (Å²) >= 11 is 12.0. The normalized spacial score (nSPS) is 14.4. The summed E-state index contributed by atoms with van der Waals surface area (Å²) in [6.07, 6.45) is 2.50. The van der Waals surface area contributed by atoms with Crippen LogP contribution in [0.5, 0.6) is 0 Å². The number of nitrogens with one attached hydrogen (secondary N) is 2. The highest BCUT2D eigenvalue weighted by Crippen LogP contribution is 2.29. The minimum Gasteiger partial charge on any atom is -0.376 e. The van der Waals surface area contributed by atoms with E-state index in [4.69, 9.17) is 27.9 Å². The third-order valence-electron chi connectivity index (χ3n) is 4.45. The molecule has 1 aliphatic carbocycles. The topological polar surface area (TPSA) is 67.4 Å². The van der Waals surface area contributed by atoms with Crippen molar-refractivity contribution >= 4 is 40.7 Å². The number of amides is 2. The van der Waals surface area contributed by atoms with E-state index in [-0.39, 0.29) is 21.5 Å². The zero-order valence-corrected chi connectivity index (χ0v) is 17.0. The van der Waals surface area contributed by atoms with Gasteiger partial charge in [-0.3, -0.25) is 9.59 Å². The number of ether oxygens (including phenoxy) is 1. The summed E-state index contributed by atoms with van der Waals surface area (Å²) in [4.78, 5) is 24.8. The average molecular weight is 421 g/mol. The molecule has 0 saturated heterocycles. The Morgan fingerprint density at radius 2 is 1.93 bits per heavy atom. The van der Waals surface area contributed by atoms with Gasteiger partial charge in [0, 0.05) is 12.3 Å². The quantitative estimate of drug-likeness (QED) is 0.651. The minimum atomic E-state index is -0.752. The van der Waals surface area contributed by atoms with E-state index in [0.29, 0.717) is 18.2 Å². The van der Waals surface area contributed by atoms with E-state index in [2.05, 4.69) is 10.6 Å². The van der Waals surface area contributed by atoms with Crippen molar-refractivity contribution in [2.24, 2.45) is 5.92 Å². The predicted molar refractivity (Wildman–Crippen MR) is 111 cm³/mol. The van der Waals surface area contributed by atoms with Crippen molar-refractivity contribution in [2.45, 2.75) is 32.4 Å². The third kappa shape index (κ3) is 5.71. The Morgan fingerprint density at radius 3 is 2.68 bits per heavy atom. The van der Waals surface area contributed by atoms with Crippen molar-refractivity contribution < 1.29 is 14.3 Å². The fraction of sp³-hybridized carbons (Fsp3) is 0.333. The first-order valence-electron chi connectivity index (χ1n) is 9.16. The Labute approximate surface area is 174 Å². The van der Waals surface area contributed by atoms with E-state index >= 15 is 0 Å². The van der Waals surface area contributed by atoms with Crippen LogP contribution in [0, 0.1) is 5.92 Å². The first-order valence-corrected chi connectivity index (χ1v) is 9.92. The zero-order valence-electron chi connectivity index (χ0n) is 15.5. The first-order chi connectivity index (χ1) is 13.4. The SMILES string of the molecule is CC(NC(=O)c1cccc(Cl)c1Cl)C(=O)Nc1cccc(COCC2CC2)c1. The third-order valence-corrected chi connectivity index (χ3v) is 5.27. The number of hydrogen-bond donors (Lipinski definition) is 2. The van der Waals surface area contributed by atoms with Gasteiger partial charge in [0.1, 0.15) is 6.04 Å². The van der Waals surface area contributed by atoms with Crippen LogP contribution in [0.15, 0.2) is 42.5 Å². The molecule has 28 heavy (non-hydrogen) atoms. The molecule has 5 nitrogen and oxygen atoms in total. The molecule has 148 valence electrons. The second kappa shape index (κ2) is 9.41. The number of anilines is 1. The number of hydrogen-bond acceptors (Lipinski definition) is 3. The molecule has 1 aliphatic rings. The molecule has 1 saturated carbocycles. The van der Waals surface area contributed by atoms with Crippen LogP contribution in [0.2, 0.25) is 10.0 Å². The molecule has 2 aromatic carbocycles. The van der Waals surface area contributed by atoms with E-state index in [1.807, 2.05) is 18.2 Å². The highest BCUT2D eigenvalue weighted by molar-refractivity contribution is 6.43. The van der Waals surface area contributed by atoms with Crippen LogP contribution in [-0.4, -0.2) is 24.5 Å². The molecule has 0 aliphatic heterocycles. The molecule has 2 aromatic rings. The Morgan fingerprint density at radius 1 is 1.18 bits per heavy atom.